The van der Waals surface area contributed by atoms with E-state index in [4.69, 9.17) is 4.42 Å². The monoisotopic (exact) mass is 551 g/mol. The Hall–Kier alpha value is -4.34. The van der Waals surface area contributed by atoms with Crippen molar-refractivity contribution >= 4 is 71.2 Å². The Morgan fingerprint density at radius 2 is 1.53 bits per heavy atom. The van der Waals surface area contributed by atoms with Crippen LogP contribution in [0.1, 0.15) is 16.8 Å². The van der Waals surface area contributed by atoms with Crippen LogP contribution in [-0.4, -0.2) is 4.57 Å². The summed E-state index contributed by atoms with van der Waals surface area (Å²) >= 11 is 3.73. The van der Waals surface area contributed by atoms with Crippen LogP contribution in [0.25, 0.3) is 61.0 Å². The van der Waals surface area contributed by atoms with E-state index in [0.29, 0.717) is 0 Å². The summed E-state index contributed by atoms with van der Waals surface area (Å²) in [7, 11) is 0. The minimum absolute atomic E-state index is 0.857. The molecule has 0 saturated heterocycles. The molecule has 2 nitrogen and oxygen atoms in total. The molecule has 7 aromatic rings. The van der Waals surface area contributed by atoms with Gasteiger partial charge in [-0.1, -0.05) is 94.8 Å². The fourth-order valence-electron chi connectivity index (χ4n) is 6.00. The lowest BCUT2D eigenvalue weighted by Crippen LogP contribution is -2.01. The third-order valence-electron chi connectivity index (χ3n) is 7.71. The molecule has 0 atom stereocenters. The molecule has 0 spiro atoms. The van der Waals surface area contributed by atoms with Gasteiger partial charge in [-0.05, 0) is 59.0 Å². The van der Waals surface area contributed by atoms with Crippen molar-refractivity contribution in [2.75, 3.05) is 0 Å². The fraction of sp³-hybridized carbons (Fsp3) is 0.0286. The highest BCUT2D eigenvalue weighted by Crippen LogP contribution is 2.39. The van der Waals surface area contributed by atoms with Crippen molar-refractivity contribution in [1.29, 1.82) is 0 Å². The van der Waals surface area contributed by atoms with E-state index < -0.39 is 0 Å². The summed E-state index contributed by atoms with van der Waals surface area (Å²) in [6.07, 6.45) is 7.78. The van der Waals surface area contributed by atoms with Crippen LogP contribution in [0.15, 0.2) is 124 Å². The van der Waals surface area contributed by atoms with E-state index in [1.807, 2.05) is 12.1 Å². The molecule has 38 heavy (non-hydrogen) atoms. The quantitative estimate of drug-likeness (QED) is 0.209. The van der Waals surface area contributed by atoms with Crippen LogP contribution in [0.4, 0.5) is 0 Å². The van der Waals surface area contributed by atoms with Gasteiger partial charge in [0.2, 0.25) is 0 Å². The first kappa shape index (κ1) is 21.7. The lowest BCUT2D eigenvalue weighted by molar-refractivity contribution is 0.669. The number of nitrogens with zero attached hydrogens (tertiary/aromatic N) is 1. The van der Waals surface area contributed by atoms with E-state index in [9.17, 15) is 0 Å². The van der Waals surface area contributed by atoms with Crippen molar-refractivity contribution in [3.63, 3.8) is 0 Å². The number of allylic oxidation sites excluding steroid dienone is 3. The summed E-state index contributed by atoms with van der Waals surface area (Å²) in [6, 6.07) is 36.6. The van der Waals surface area contributed by atoms with Crippen LogP contribution in [0.3, 0.4) is 0 Å². The van der Waals surface area contributed by atoms with Crippen LogP contribution >= 0.6 is 15.9 Å². The average Bonchev–Trinajstić information content (AvgIpc) is 3.39. The van der Waals surface area contributed by atoms with Gasteiger partial charge < -0.3 is 8.98 Å². The molecule has 0 N–H and O–H groups in total. The van der Waals surface area contributed by atoms with Gasteiger partial charge in [-0.2, -0.15) is 0 Å². The fourth-order valence-corrected chi connectivity index (χ4v) is 6.56. The van der Waals surface area contributed by atoms with Gasteiger partial charge >= 0.3 is 0 Å². The number of para-hydroxylation sites is 1. The Labute approximate surface area is 228 Å². The number of rotatable bonds is 2. The number of aromatic nitrogens is 1. The van der Waals surface area contributed by atoms with Gasteiger partial charge in [-0.3, -0.25) is 0 Å². The van der Waals surface area contributed by atoms with Gasteiger partial charge in [0.05, 0.1) is 11.2 Å². The Morgan fingerprint density at radius 3 is 2.47 bits per heavy atom. The average molecular weight is 552 g/mol. The van der Waals surface area contributed by atoms with E-state index in [1.165, 1.54) is 49.8 Å². The van der Waals surface area contributed by atoms with Crippen LogP contribution in [0.5, 0.6) is 0 Å². The highest BCUT2D eigenvalue weighted by atomic mass is 79.9. The Balaban J connectivity index is 1.38. The molecule has 180 valence electrons. The highest BCUT2D eigenvalue weighted by Gasteiger charge is 2.20. The van der Waals surface area contributed by atoms with E-state index in [1.54, 1.807) is 0 Å². The van der Waals surface area contributed by atoms with Gasteiger partial charge in [0.15, 0.2) is 0 Å². The number of fused-ring (bicyclic) bond motifs is 7. The highest BCUT2D eigenvalue weighted by molar-refractivity contribution is 9.10. The number of furan rings is 1. The minimum Gasteiger partial charge on any atom is -0.456 e. The summed E-state index contributed by atoms with van der Waals surface area (Å²) in [5.41, 5.74) is 9.24. The normalized spacial score (nSPS) is 13.3. The molecule has 0 fully saturated rings. The number of hydrogen-bond donors (Lipinski definition) is 0. The molecular weight excluding hydrogens is 530 g/mol. The molecule has 5 aromatic carbocycles. The first-order valence-electron chi connectivity index (χ1n) is 12.9. The maximum absolute atomic E-state index is 6.13. The molecular formula is C35H22BrNO. The Morgan fingerprint density at radius 1 is 0.711 bits per heavy atom. The predicted octanol–water partition coefficient (Wildman–Crippen LogP) is 10.1. The predicted molar refractivity (Wildman–Crippen MR) is 163 cm³/mol. The molecule has 1 aliphatic carbocycles. The largest absolute Gasteiger partial charge is 0.456 e. The van der Waals surface area contributed by atoms with Crippen LogP contribution in [-0.2, 0) is 6.42 Å². The Bertz CT molecular complexity index is 2120. The third-order valence-corrected chi connectivity index (χ3v) is 8.37. The van der Waals surface area contributed by atoms with Crippen molar-refractivity contribution in [3.8, 4) is 5.69 Å². The van der Waals surface area contributed by atoms with Gasteiger partial charge in [0.25, 0.3) is 0 Å². The van der Waals surface area contributed by atoms with E-state index in [0.717, 1.165) is 32.8 Å². The van der Waals surface area contributed by atoms with E-state index in [-0.39, 0.29) is 0 Å². The minimum atomic E-state index is 0.857. The molecule has 0 radical (unpaired) electrons. The second-order valence-corrected chi connectivity index (χ2v) is 10.7. The molecule has 0 bridgehead atoms. The van der Waals surface area contributed by atoms with Crippen molar-refractivity contribution in [2.24, 2.45) is 0 Å². The van der Waals surface area contributed by atoms with Crippen molar-refractivity contribution in [2.45, 2.75) is 6.42 Å². The topological polar surface area (TPSA) is 18.1 Å². The first-order valence-corrected chi connectivity index (χ1v) is 13.7. The second-order valence-electron chi connectivity index (χ2n) is 9.84. The Kier molecular flexibility index (Phi) is 4.77. The maximum atomic E-state index is 6.13. The van der Waals surface area contributed by atoms with Crippen LogP contribution in [0.2, 0.25) is 0 Å². The van der Waals surface area contributed by atoms with E-state index in [2.05, 4.69) is 130 Å². The standard InChI is InChI=1S/C35H22BrNO/c36-29-13-7-17-34-35(29)28-21-24(18-19-33(28)38-34)23-10-6-16-32-27(20-23)26-12-3-4-14-31(26)37(32)30-15-5-9-22-8-1-2-11-25(22)30/h1-15,17-21H,16H2. The summed E-state index contributed by atoms with van der Waals surface area (Å²) in [6.45, 7) is 0. The molecule has 0 saturated carbocycles. The second kappa shape index (κ2) is 8.34. The molecule has 2 aromatic heterocycles. The molecule has 2 heterocycles. The summed E-state index contributed by atoms with van der Waals surface area (Å²) in [5, 5.41) is 6.04. The van der Waals surface area contributed by atoms with Crippen molar-refractivity contribution in [3.05, 3.63) is 137 Å². The molecule has 0 unspecified atom stereocenters. The number of benzene rings is 5. The maximum Gasteiger partial charge on any atom is 0.136 e. The zero-order valence-electron chi connectivity index (χ0n) is 20.5. The molecule has 3 heteroatoms. The van der Waals surface area contributed by atoms with Gasteiger partial charge in [0, 0.05) is 43.7 Å². The zero-order chi connectivity index (χ0) is 25.2. The van der Waals surface area contributed by atoms with Gasteiger partial charge in [-0.15, -0.1) is 0 Å². The smallest absolute Gasteiger partial charge is 0.136 e. The summed E-state index contributed by atoms with van der Waals surface area (Å²) in [5.74, 6) is 0. The molecule has 0 amide bonds. The third kappa shape index (κ3) is 3.19. The van der Waals surface area contributed by atoms with Crippen molar-refractivity contribution < 1.29 is 4.42 Å². The van der Waals surface area contributed by atoms with Crippen molar-refractivity contribution in [1.82, 2.24) is 4.57 Å². The lowest BCUT2D eigenvalue weighted by atomic mass is 10.0. The van der Waals surface area contributed by atoms with Gasteiger partial charge in [-0.25, -0.2) is 0 Å². The van der Waals surface area contributed by atoms with E-state index >= 15 is 0 Å². The molecule has 1 aliphatic rings. The number of halogens is 1. The zero-order valence-corrected chi connectivity index (χ0v) is 22.1. The molecule has 0 aliphatic heterocycles. The number of hydrogen-bond acceptors (Lipinski definition) is 1. The van der Waals surface area contributed by atoms with Crippen LogP contribution < -0.4 is 0 Å². The van der Waals surface area contributed by atoms with Crippen LogP contribution in [0, 0.1) is 0 Å². The summed E-state index contributed by atoms with van der Waals surface area (Å²) in [4.78, 5) is 0. The SMILES string of the molecule is Brc1cccc2oc3ccc(C4=Cc5c(n(-c6cccc7ccccc67)c6ccccc56)CC=C4)cc3c12. The summed E-state index contributed by atoms with van der Waals surface area (Å²) < 4.78 is 9.64. The van der Waals surface area contributed by atoms with Gasteiger partial charge in [0.1, 0.15) is 11.2 Å². The lowest BCUT2D eigenvalue weighted by Gasteiger charge is -2.13. The molecule has 8 rings (SSSR count). The first-order chi connectivity index (χ1) is 18.8.